The number of nitrogens with zero attached hydrogens (tertiary/aromatic N) is 2. The summed E-state index contributed by atoms with van der Waals surface area (Å²) in [6, 6.07) is 1.47. The molecule has 1 aromatic heterocycles. The minimum atomic E-state index is -0.547. The molecule has 2 heterocycles. The summed E-state index contributed by atoms with van der Waals surface area (Å²) in [6.45, 7) is -0.260. The lowest BCUT2D eigenvalue weighted by Gasteiger charge is -2.11. The van der Waals surface area contributed by atoms with Crippen LogP contribution in [0.15, 0.2) is 17.1 Å². The summed E-state index contributed by atoms with van der Waals surface area (Å²) in [5.74, 6) is -0.157. The summed E-state index contributed by atoms with van der Waals surface area (Å²) in [7, 11) is 0. The van der Waals surface area contributed by atoms with E-state index < -0.39 is 16.4 Å². The lowest BCUT2D eigenvalue weighted by Crippen LogP contribution is -2.33. The summed E-state index contributed by atoms with van der Waals surface area (Å²) in [5, 5.41) is 10.9. The van der Waals surface area contributed by atoms with Crippen molar-refractivity contribution in [2.24, 2.45) is 0 Å². The van der Waals surface area contributed by atoms with Crippen LogP contribution < -0.4 is 16.7 Å². The number of aliphatic hydroxyl groups is 1. The molecule has 1 fully saturated rings. The maximum Gasteiger partial charge on any atom is 0.351 e. The second-order valence-electron chi connectivity index (χ2n) is 3.21. The van der Waals surface area contributed by atoms with Gasteiger partial charge in [-0.25, -0.2) is 4.79 Å². The zero-order chi connectivity index (χ0) is 11.7. The van der Waals surface area contributed by atoms with Crippen molar-refractivity contribution in [2.75, 3.05) is 12.3 Å². The highest BCUT2D eigenvalue weighted by Gasteiger charge is 2.33. The molecule has 2 rings (SSSR count). The SMILES string of the molecule is Nc1ccn([C@H]2NC(=O)[C@@H](CO)S2)c(=O)n1. The van der Waals surface area contributed by atoms with Crippen molar-refractivity contribution in [3.05, 3.63) is 22.7 Å². The van der Waals surface area contributed by atoms with E-state index in [0.717, 1.165) is 11.8 Å². The molecule has 0 bridgehead atoms. The molecule has 0 radical (unpaired) electrons. The molecule has 16 heavy (non-hydrogen) atoms. The summed E-state index contributed by atoms with van der Waals surface area (Å²) in [5.41, 5.74) is 4.28. The minimum Gasteiger partial charge on any atom is -0.395 e. The third-order valence-electron chi connectivity index (χ3n) is 2.12. The third-order valence-corrected chi connectivity index (χ3v) is 3.42. The molecular formula is C8H10N4O3S. The molecule has 4 N–H and O–H groups in total. The fourth-order valence-corrected chi connectivity index (χ4v) is 2.40. The molecular weight excluding hydrogens is 232 g/mol. The largest absolute Gasteiger partial charge is 0.395 e. The monoisotopic (exact) mass is 242 g/mol. The minimum absolute atomic E-state index is 0.134. The highest BCUT2D eigenvalue weighted by Crippen LogP contribution is 2.29. The maximum absolute atomic E-state index is 11.5. The number of amides is 1. The fourth-order valence-electron chi connectivity index (χ4n) is 1.33. The molecule has 1 aliphatic rings. The third kappa shape index (κ3) is 1.89. The predicted octanol–water partition coefficient (Wildman–Crippen LogP) is -1.49. The Morgan fingerprint density at radius 3 is 2.94 bits per heavy atom. The number of nitrogens with one attached hydrogen (secondary N) is 1. The predicted molar refractivity (Wildman–Crippen MR) is 58.6 cm³/mol. The van der Waals surface area contributed by atoms with Crippen molar-refractivity contribution in [3.8, 4) is 0 Å². The summed E-state index contributed by atoms with van der Waals surface area (Å²) in [6.07, 6.45) is 1.46. The Balaban J connectivity index is 2.27. The molecule has 0 aromatic carbocycles. The van der Waals surface area contributed by atoms with Gasteiger partial charge in [-0.15, -0.1) is 0 Å². The average molecular weight is 242 g/mol. The number of thioether (sulfide) groups is 1. The number of rotatable bonds is 2. The van der Waals surface area contributed by atoms with Gasteiger partial charge in [0.05, 0.1) is 6.61 Å². The second kappa shape index (κ2) is 4.14. The molecule has 1 aliphatic heterocycles. The van der Waals surface area contributed by atoms with Crippen LogP contribution in [0.25, 0.3) is 0 Å². The van der Waals surface area contributed by atoms with Gasteiger partial charge >= 0.3 is 5.69 Å². The van der Waals surface area contributed by atoms with Crippen LogP contribution in [-0.2, 0) is 4.79 Å². The normalized spacial score (nSPS) is 24.4. The molecule has 0 spiro atoms. The van der Waals surface area contributed by atoms with E-state index in [4.69, 9.17) is 10.8 Å². The molecule has 1 amide bonds. The van der Waals surface area contributed by atoms with Crippen molar-refractivity contribution >= 4 is 23.5 Å². The van der Waals surface area contributed by atoms with Crippen LogP contribution in [0.2, 0.25) is 0 Å². The lowest BCUT2D eigenvalue weighted by atomic mass is 10.4. The summed E-state index contributed by atoms with van der Waals surface area (Å²) < 4.78 is 1.26. The number of carbonyl (C=O) groups is 1. The van der Waals surface area contributed by atoms with Gasteiger partial charge in [-0.05, 0) is 6.07 Å². The Hall–Kier alpha value is -1.54. The fraction of sp³-hybridized carbons (Fsp3) is 0.375. The van der Waals surface area contributed by atoms with Crippen molar-refractivity contribution < 1.29 is 9.90 Å². The summed E-state index contributed by atoms with van der Waals surface area (Å²) >= 11 is 1.16. The quantitative estimate of drug-likeness (QED) is 0.582. The van der Waals surface area contributed by atoms with Crippen LogP contribution in [0.3, 0.4) is 0 Å². The van der Waals surface area contributed by atoms with E-state index in [1.165, 1.54) is 16.8 Å². The van der Waals surface area contributed by atoms with Crippen molar-refractivity contribution in [3.63, 3.8) is 0 Å². The van der Waals surface area contributed by atoms with Crippen LogP contribution in [0.1, 0.15) is 5.50 Å². The van der Waals surface area contributed by atoms with Crippen molar-refractivity contribution in [1.29, 1.82) is 0 Å². The van der Waals surface area contributed by atoms with E-state index in [2.05, 4.69) is 10.3 Å². The maximum atomic E-state index is 11.5. The zero-order valence-electron chi connectivity index (χ0n) is 8.16. The zero-order valence-corrected chi connectivity index (χ0v) is 8.98. The van der Waals surface area contributed by atoms with Crippen LogP contribution in [0.5, 0.6) is 0 Å². The van der Waals surface area contributed by atoms with Crippen LogP contribution >= 0.6 is 11.8 Å². The highest BCUT2D eigenvalue weighted by molar-refractivity contribution is 8.01. The molecule has 0 unspecified atom stereocenters. The van der Waals surface area contributed by atoms with Gasteiger partial charge in [0.15, 0.2) is 5.50 Å². The number of nitrogen functional groups attached to an aromatic ring is 1. The summed E-state index contributed by atoms with van der Waals surface area (Å²) in [4.78, 5) is 26.3. The number of carbonyl (C=O) groups excluding carboxylic acids is 1. The molecule has 8 heteroatoms. The van der Waals surface area contributed by atoms with Crippen molar-refractivity contribution in [2.45, 2.75) is 10.7 Å². The molecule has 0 aliphatic carbocycles. The van der Waals surface area contributed by atoms with Gasteiger partial charge in [0.2, 0.25) is 5.91 Å². The molecule has 1 saturated heterocycles. The number of nitrogens with two attached hydrogens (primary N) is 1. The van der Waals surface area contributed by atoms with Gasteiger partial charge in [-0.3, -0.25) is 9.36 Å². The van der Waals surface area contributed by atoms with E-state index in [9.17, 15) is 9.59 Å². The average Bonchev–Trinajstić information content (AvgIpc) is 2.59. The Bertz CT molecular complexity index is 475. The first-order valence-electron chi connectivity index (χ1n) is 4.53. The first-order chi connectivity index (χ1) is 7.61. The van der Waals surface area contributed by atoms with Gasteiger partial charge in [-0.1, -0.05) is 11.8 Å². The van der Waals surface area contributed by atoms with E-state index in [-0.39, 0.29) is 18.3 Å². The van der Waals surface area contributed by atoms with E-state index in [1.54, 1.807) is 0 Å². The van der Waals surface area contributed by atoms with Gasteiger partial charge in [0.25, 0.3) is 0 Å². The van der Waals surface area contributed by atoms with E-state index >= 15 is 0 Å². The van der Waals surface area contributed by atoms with Gasteiger partial charge in [0.1, 0.15) is 11.1 Å². The Kier molecular flexibility index (Phi) is 2.84. The number of hydrogen-bond acceptors (Lipinski definition) is 6. The Morgan fingerprint density at radius 2 is 2.38 bits per heavy atom. The van der Waals surface area contributed by atoms with Crippen LogP contribution in [0, 0.1) is 0 Å². The van der Waals surface area contributed by atoms with Crippen LogP contribution in [-0.4, -0.2) is 32.4 Å². The molecule has 0 saturated carbocycles. The first kappa shape index (κ1) is 11.0. The second-order valence-corrected chi connectivity index (χ2v) is 4.50. The van der Waals surface area contributed by atoms with E-state index in [0.29, 0.717) is 0 Å². The smallest absolute Gasteiger partial charge is 0.351 e. The topological polar surface area (TPSA) is 110 Å². The Labute approximate surface area is 94.7 Å². The first-order valence-corrected chi connectivity index (χ1v) is 5.47. The van der Waals surface area contributed by atoms with Gasteiger partial charge < -0.3 is 16.2 Å². The molecule has 7 nitrogen and oxygen atoms in total. The standard InChI is InChI=1S/C8H10N4O3S/c9-5-1-2-12(7(15)10-5)8-11-6(14)4(3-13)16-8/h1-2,4,8,13H,3H2,(H,11,14)(H2,9,10,15)/t4-,8-/m1/s1. The van der Waals surface area contributed by atoms with Crippen molar-refractivity contribution in [1.82, 2.24) is 14.9 Å². The molecule has 2 atom stereocenters. The number of aromatic nitrogens is 2. The number of anilines is 1. The van der Waals surface area contributed by atoms with E-state index in [1.807, 2.05) is 0 Å². The van der Waals surface area contributed by atoms with Crippen LogP contribution in [0.4, 0.5) is 5.82 Å². The lowest BCUT2D eigenvalue weighted by molar-refractivity contribution is -0.120. The highest BCUT2D eigenvalue weighted by atomic mass is 32.2. The number of aliphatic hydroxyl groups excluding tert-OH is 1. The molecule has 1 aromatic rings. The van der Waals surface area contributed by atoms with Gasteiger partial charge in [0, 0.05) is 6.20 Å². The molecule has 86 valence electrons. The van der Waals surface area contributed by atoms with Gasteiger partial charge in [-0.2, -0.15) is 4.98 Å². The number of hydrogen-bond donors (Lipinski definition) is 3. The Morgan fingerprint density at radius 1 is 1.62 bits per heavy atom.